The summed E-state index contributed by atoms with van der Waals surface area (Å²) < 4.78 is 1.94. The number of rotatable bonds is 1. The van der Waals surface area contributed by atoms with Gasteiger partial charge in [-0.3, -0.25) is 4.79 Å². The van der Waals surface area contributed by atoms with Gasteiger partial charge in [0.1, 0.15) is 0 Å². The summed E-state index contributed by atoms with van der Waals surface area (Å²) in [5.74, 6) is 0.121. The van der Waals surface area contributed by atoms with Crippen LogP contribution in [0, 0.1) is 0 Å². The van der Waals surface area contributed by atoms with Crippen molar-refractivity contribution < 1.29 is 4.79 Å². The van der Waals surface area contributed by atoms with Gasteiger partial charge < -0.3 is 14.4 Å². The Hall–Kier alpha value is -1.88. The molecule has 3 rings (SSSR count). The number of carbonyl (C=O) groups is 1. The van der Waals surface area contributed by atoms with Crippen LogP contribution in [-0.4, -0.2) is 58.5 Å². The Bertz CT molecular complexity index is 611. The number of piperazine rings is 1. The molecule has 1 amide bonds. The van der Waals surface area contributed by atoms with Gasteiger partial charge in [0.05, 0.1) is 17.4 Å². The third-order valence-corrected chi connectivity index (χ3v) is 3.76. The predicted molar refractivity (Wildman–Crippen MR) is 74.1 cm³/mol. The van der Waals surface area contributed by atoms with Crippen molar-refractivity contribution in [1.82, 2.24) is 19.4 Å². The van der Waals surface area contributed by atoms with Gasteiger partial charge in [0.2, 0.25) is 0 Å². The van der Waals surface area contributed by atoms with Gasteiger partial charge in [-0.15, -0.1) is 0 Å². The molecule has 1 aliphatic rings. The zero-order chi connectivity index (χ0) is 13.4. The Morgan fingerprint density at radius 3 is 2.63 bits per heavy atom. The van der Waals surface area contributed by atoms with Crippen LogP contribution in [0.25, 0.3) is 11.0 Å². The summed E-state index contributed by atoms with van der Waals surface area (Å²) in [6.07, 6.45) is 1.77. The number of aryl methyl sites for hydroxylation is 1. The molecule has 0 radical (unpaired) electrons. The smallest absolute Gasteiger partial charge is 0.254 e. The molecule has 1 fully saturated rings. The van der Waals surface area contributed by atoms with Crippen molar-refractivity contribution in [2.45, 2.75) is 0 Å². The molecule has 5 heteroatoms. The molecule has 2 heterocycles. The standard InChI is InChI=1S/C14H18N4O/c1-16-5-7-18(8-6-16)14(19)11-3-4-12-13(9-11)17(2)10-15-12/h3-4,9-10H,5-8H2,1-2H3. The quantitative estimate of drug-likeness (QED) is 0.765. The Morgan fingerprint density at radius 2 is 1.89 bits per heavy atom. The second-order valence-electron chi connectivity index (χ2n) is 5.15. The lowest BCUT2D eigenvalue weighted by atomic mass is 10.1. The first-order valence-electron chi connectivity index (χ1n) is 6.54. The number of aromatic nitrogens is 2. The van der Waals surface area contributed by atoms with Crippen LogP contribution in [0.1, 0.15) is 10.4 Å². The van der Waals surface area contributed by atoms with E-state index < -0.39 is 0 Å². The molecule has 1 aromatic heterocycles. The van der Waals surface area contributed by atoms with E-state index in [1.165, 1.54) is 0 Å². The number of hydrogen-bond donors (Lipinski definition) is 0. The van der Waals surface area contributed by atoms with E-state index in [1.807, 2.05) is 34.7 Å². The van der Waals surface area contributed by atoms with Crippen molar-refractivity contribution in [2.24, 2.45) is 7.05 Å². The van der Waals surface area contributed by atoms with Gasteiger partial charge in [-0.25, -0.2) is 4.98 Å². The lowest BCUT2D eigenvalue weighted by molar-refractivity contribution is 0.0664. The summed E-state index contributed by atoms with van der Waals surface area (Å²) in [5.41, 5.74) is 2.68. The maximum Gasteiger partial charge on any atom is 0.254 e. The highest BCUT2D eigenvalue weighted by atomic mass is 16.2. The highest BCUT2D eigenvalue weighted by molar-refractivity contribution is 5.97. The number of nitrogens with zero attached hydrogens (tertiary/aromatic N) is 4. The van der Waals surface area contributed by atoms with Crippen LogP contribution in [0.5, 0.6) is 0 Å². The average Bonchev–Trinajstić information content (AvgIpc) is 2.80. The minimum Gasteiger partial charge on any atom is -0.336 e. The Balaban J connectivity index is 1.87. The van der Waals surface area contributed by atoms with Crippen LogP contribution in [0.15, 0.2) is 24.5 Å². The van der Waals surface area contributed by atoms with Gasteiger partial charge in [-0.2, -0.15) is 0 Å². The van der Waals surface area contributed by atoms with Gasteiger partial charge >= 0.3 is 0 Å². The average molecular weight is 258 g/mol. The zero-order valence-electron chi connectivity index (χ0n) is 11.3. The SMILES string of the molecule is CN1CCN(C(=O)c2ccc3ncn(C)c3c2)CC1. The largest absolute Gasteiger partial charge is 0.336 e. The van der Waals surface area contributed by atoms with Crippen molar-refractivity contribution in [3.63, 3.8) is 0 Å². The first-order valence-corrected chi connectivity index (χ1v) is 6.54. The summed E-state index contributed by atoms with van der Waals surface area (Å²) in [6, 6.07) is 5.72. The first kappa shape index (κ1) is 12.2. The molecule has 0 spiro atoms. The summed E-state index contributed by atoms with van der Waals surface area (Å²) in [7, 11) is 4.03. The monoisotopic (exact) mass is 258 g/mol. The highest BCUT2D eigenvalue weighted by Gasteiger charge is 2.20. The van der Waals surface area contributed by atoms with E-state index in [-0.39, 0.29) is 5.91 Å². The molecule has 0 saturated carbocycles. The van der Waals surface area contributed by atoms with Crippen LogP contribution in [0.3, 0.4) is 0 Å². The Kier molecular flexibility index (Phi) is 2.98. The van der Waals surface area contributed by atoms with Crippen molar-refractivity contribution in [1.29, 1.82) is 0 Å². The molecule has 100 valence electrons. The van der Waals surface area contributed by atoms with Crippen LogP contribution in [-0.2, 0) is 7.05 Å². The van der Waals surface area contributed by atoms with Crippen LogP contribution >= 0.6 is 0 Å². The summed E-state index contributed by atoms with van der Waals surface area (Å²) >= 11 is 0. The number of benzene rings is 1. The van der Waals surface area contributed by atoms with E-state index in [9.17, 15) is 4.79 Å². The molecule has 1 aromatic carbocycles. The Morgan fingerprint density at radius 1 is 1.16 bits per heavy atom. The fourth-order valence-corrected chi connectivity index (χ4v) is 2.45. The van der Waals surface area contributed by atoms with E-state index in [2.05, 4.69) is 16.9 Å². The van der Waals surface area contributed by atoms with E-state index in [0.29, 0.717) is 0 Å². The molecule has 5 nitrogen and oxygen atoms in total. The molecule has 19 heavy (non-hydrogen) atoms. The summed E-state index contributed by atoms with van der Waals surface area (Å²) in [6.45, 7) is 3.50. The molecule has 1 saturated heterocycles. The summed E-state index contributed by atoms with van der Waals surface area (Å²) in [5, 5.41) is 0. The zero-order valence-corrected chi connectivity index (χ0v) is 11.3. The molecular weight excluding hydrogens is 240 g/mol. The number of fused-ring (bicyclic) bond motifs is 1. The maximum atomic E-state index is 12.5. The number of carbonyl (C=O) groups excluding carboxylic acids is 1. The minimum atomic E-state index is 0.121. The van der Waals surface area contributed by atoms with Crippen LogP contribution < -0.4 is 0 Å². The van der Waals surface area contributed by atoms with Crippen molar-refractivity contribution in [3.05, 3.63) is 30.1 Å². The molecule has 0 atom stereocenters. The first-order chi connectivity index (χ1) is 9.15. The second-order valence-corrected chi connectivity index (χ2v) is 5.15. The van der Waals surface area contributed by atoms with Gasteiger partial charge in [0, 0.05) is 38.8 Å². The fraction of sp³-hybridized carbons (Fsp3) is 0.429. The number of hydrogen-bond acceptors (Lipinski definition) is 3. The van der Waals surface area contributed by atoms with Crippen LogP contribution in [0.2, 0.25) is 0 Å². The van der Waals surface area contributed by atoms with Gasteiger partial charge in [0.25, 0.3) is 5.91 Å². The topological polar surface area (TPSA) is 41.4 Å². The fourth-order valence-electron chi connectivity index (χ4n) is 2.45. The summed E-state index contributed by atoms with van der Waals surface area (Å²) in [4.78, 5) is 20.9. The normalized spacial score (nSPS) is 17.1. The maximum absolute atomic E-state index is 12.5. The highest BCUT2D eigenvalue weighted by Crippen LogP contribution is 2.16. The third kappa shape index (κ3) is 2.21. The number of imidazole rings is 1. The van der Waals surface area contributed by atoms with Crippen molar-refractivity contribution in [3.8, 4) is 0 Å². The minimum absolute atomic E-state index is 0.121. The number of likely N-dealkylation sites (N-methyl/N-ethyl adjacent to an activating group) is 1. The van der Waals surface area contributed by atoms with Crippen LogP contribution in [0.4, 0.5) is 0 Å². The molecule has 0 unspecified atom stereocenters. The third-order valence-electron chi connectivity index (χ3n) is 3.76. The van der Waals surface area contributed by atoms with Crippen molar-refractivity contribution in [2.75, 3.05) is 33.2 Å². The van der Waals surface area contributed by atoms with Crippen molar-refractivity contribution >= 4 is 16.9 Å². The van der Waals surface area contributed by atoms with Gasteiger partial charge in [-0.05, 0) is 25.2 Å². The lowest BCUT2D eigenvalue weighted by Gasteiger charge is -2.32. The van der Waals surface area contributed by atoms with E-state index in [4.69, 9.17) is 0 Å². The molecule has 0 N–H and O–H groups in total. The van der Waals surface area contributed by atoms with Gasteiger partial charge in [-0.1, -0.05) is 0 Å². The number of amides is 1. The van der Waals surface area contributed by atoms with E-state index >= 15 is 0 Å². The van der Waals surface area contributed by atoms with Gasteiger partial charge in [0.15, 0.2) is 0 Å². The predicted octanol–water partition coefficient (Wildman–Crippen LogP) is 0.961. The molecule has 0 bridgehead atoms. The lowest BCUT2D eigenvalue weighted by Crippen LogP contribution is -2.47. The molecule has 2 aromatic rings. The molecule has 1 aliphatic heterocycles. The molecular formula is C14H18N4O. The Labute approximate surface area is 112 Å². The van der Waals surface area contributed by atoms with E-state index in [1.54, 1.807) is 6.33 Å². The molecule has 0 aliphatic carbocycles. The van der Waals surface area contributed by atoms with E-state index in [0.717, 1.165) is 42.8 Å². The second kappa shape index (κ2) is 4.66.